The minimum absolute atomic E-state index is 0.00616. The maximum absolute atomic E-state index is 12.7. The summed E-state index contributed by atoms with van der Waals surface area (Å²) in [4.78, 5) is 28.4. The molecule has 7 nitrogen and oxygen atoms in total. The maximum atomic E-state index is 12.7. The topological polar surface area (TPSA) is 86.8 Å². The Kier molecular flexibility index (Phi) is 7.71. The van der Waals surface area contributed by atoms with Gasteiger partial charge in [-0.2, -0.15) is 0 Å². The van der Waals surface area contributed by atoms with Crippen LogP contribution >= 0.6 is 11.6 Å². The quantitative estimate of drug-likeness (QED) is 0.636. The van der Waals surface area contributed by atoms with Crippen molar-refractivity contribution >= 4 is 33.4 Å². The van der Waals surface area contributed by atoms with Gasteiger partial charge in [0.25, 0.3) is 5.91 Å². The Hall–Kier alpha value is -2.06. The lowest BCUT2D eigenvalue weighted by Gasteiger charge is -2.32. The molecule has 1 atom stereocenters. The zero-order valence-corrected chi connectivity index (χ0v) is 18.8. The van der Waals surface area contributed by atoms with Crippen LogP contribution < -0.4 is 4.72 Å². The zero-order chi connectivity index (χ0) is 21.8. The zero-order valence-electron chi connectivity index (χ0n) is 17.2. The van der Waals surface area contributed by atoms with E-state index in [1.807, 2.05) is 20.8 Å². The Balaban J connectivity index is 1.97. The number of aryl methyl sites for hydroxylation is 1. The van der Waals surface area contributed by atoms with Gasteiger partial charge in [-0.05, 0) is 57.9 Å². The van der Waals surface area contributed by atoms with Crippen LogP contribution in [0.25, 0.3) is 0 Å². The van der Waals surface area contributed by atoms with Gasteiger partial charge in [0, 0.05) is 24.2 Å². The van der Waals surface area contributed by atoms with Crippen molar-refractivity contribution in [3.63, 3.8) is 0 Å². The lowest BCUT2D eigenvalue weighted by atomic mass is 10.2. The van der Waals surface area contributed by atoms with Gasteiger partial charge in [0.05, 0.1) is 5.75 Å². The van der Waals surface area contributed by atoms with Gasteiger partial charge in [0.15, 0.2) is 0 Å². The summed E-state index contributed by atoms with van der Waals surface area (Å²) in [6, 6.07) is 6.28. The number of rotatable bonds is 9. The minimum Gasteiger partial charge on any atom is -0.339 e. The van der Waals surface area contributed by atoms with Crippen LogP contribution in [0, 0.1) is 0 Å². The van der Waals surface area contributed by atoms with Crippen molar-refractivity contribution in [1.29, 1.82) is 0 Å². The monoisotopic (exact) mass is 441 g/mol. The Labute approximate surface area is 177 Å². The molecule has 0 aliphatic carbocycles. The molecule has 0 unspecified atom stereocenters. The van der Waals surface area contributed by atoms with E-state index in [1.165, 1.54) is 11.0 Å². The summed E-state index contributed by atoms with van der Waals surface area (Å²) in [5.41, 5.74) is 0.828. The van der Waals surface area contributed by atoms with E-state index < -0.39 is 22.0 Å². The first-order valence-electron chi connectivity index (χ1n) is 9.62. The Morgan fingerprint density at radius 2 is 1.86 bits per heavy atom. The largest absolute Gasteiger partial charge is 0.339 e. The van der Waals surface area contributed by atoms with Crippen molar-refractivity contribution in [2.45, 2.75) is 46.2 Å². The van der Waals surface area contributed by atoms with E-state index in [4.69, 9.17) is 11.6 Å². The molecule has 1 aliphatic heterocycles. The third-order valence-corrected chi connectivity index (χ3v) is 6.42. The van der Waals surface area contributed by atoms with E-state index in [0.29, 0.717) is 18.0 Å². The summed E-state index contributed by atoms with van der Waals surface area (Å²) in [5.74, 6) is -0.804. The first-order valence-corrected chi connectivity index (χ1v) is 11.6. The number of hydrogen-bond donors (Lipinski definition) is 1. The van der Waals surface area contributed by atoms with Gasteiger partial charge >= 0.3 is 0 Å². The van der Waals surface area contributed by atoms with Gasteiger partial charge in [0.1, 0.15) is 11.7 Å². The maximum Gasteiger partial charge on any atom is 0.271 e. The lowest BCUT2D eigenvalue weighted by molar-refractivity contribution is -0.143. The van der Waals surface area contributed by atoms with Crippen LogP contribution in [-0.4, -0.2) is 61.0 Å². The minimum atomic E-state index is -3.70. The van der Waals surface area contributed by atoms with E-state index >= 15 is 0 Å². The molecule has 0 saturated carbocycles. The third kappa shape index (κ3) is 5.96. The molecule has 9 heteroatoms. The van der Waals surface area contributed by atoms with E-state index in [9.17, 15) is 18.0 Å². The summed E-state index contributed by atoms with van der Waals surface area (Å²) in [6.07, 6.45) is 1.81. The predicted molar refractivity (Wildman–Crippen MR) is 114 cm³/mol. The number of halogens is 1. The van der Waals surface area contributed by atoms with E-state index in [2.05, 4.69) is 4.72 Å². The van der Waals surface area contributed by atoms with Crippen LogP contribution in [0.2, 0.25) is 5.02 Å². The third-order valence-electron chi connectivity index (χ3n) is 4.89. The summed E-state index contributed by atoms with van der Waals surface area (Å²) in [7, 11) is -3.70. The van der Waals surface area contributed by atoms with E-state index in [0.717, 1.165) is 5.56 Å². The molecular formula is C20H28ClN3O4S. The lowest BCUT2D eigenvalue weighted by Crippen LogP contribution is -2.50. The first-order chi connectivity index (χ1) is 13.6. The summed E-state index contributed by atoms with van der Waals surface area (Å²) in [6.45, 7) is 8.11. The molecule has 0 aromatic heterocycles. The molecule has 1 aromatic carbocycles. The van der Waals surface area contributed by atoms with Crippen molar-refractivity contribution in [3.05, 3.63) is 46.6 Å². The number of amides is 2. The SMILES string of the molecule is CCN(C(=O)[C@H](C)N1CC=C(NS(=O)(=O)CCc2ccc(Cl)cc2)C1=O)C(C)C. The Morgan fingerprint density at radius 3 is 2.41 bits per heavy atom. The van der Waals surface area contributed by atoms with Gasteiger partial charge in [-0.25, -0.2) is 8.42 Å². The highest BCUT2D eigenvalue weighted by Gasteiger charge is 2.35. The average molecular weight is 442 g/mol. The van der Waals surface area contributed by atoms with Crippen LogP contribution in [-0.2, 0) is 26.0 Å². The average Bonchev–Trinajstić information content (AvgIpc) is 3.00. The second kappa shape index (κ2) is 9.63. The smallest absolute Gasteiger partial charge is 0.271 e. The van der Waals surface area contributed by atoms with Gasteiger partial charge < -0.3 is 9.80 Å². The van der Waals surface area contributed by atoms with Crippen LogP contribution in [0.5, 0.6) is 0 Å². The van der Waals surface area contributed by atoms with Crippen molar-refractivity contribution in [2.75, 3.05) is 18.8 Å². The van der Waals surface area contributed by atoms with Crippen molar-refractivity contribution in [1.82, 2.24) is 14.5 Å². The standard InChI is InChI=1S/C20H28ClN3O4S/c1-5-23(14(2)3)19(25)15(4)24-12-10-18(20(24)26)22-29(27,28)13-11-16-6-8-17(21)9-7-16/h6-10,14-15,22H,5,11-13H2,1-4H3/t15-/m0/s1. The molecule has 2 amide bonds. The number of carbonyl (C=O) groups excluding carboxylic acids is 2. The normalized spacial score (nSPS) is 15.4. The summed E-state index contributed by atoms with van der Waals surface area (Å²) >= 11 is 5.83. The number of likely N-dealkylation sites (N-methyl/N-ethyl adjacent to an activating group) is 1. The van der Waals surface area contributed by atoms with Gasteiger partial charge in [-0.3, -0.25) is 14.3 Å². The molecule has 1 aromatic rings. The molecule has 0 bridgehead atoms. The number of benzene rings is 1. The number of hydrogen-bond acceptors (Lipinski definition) is 4. The molecule has 1 aliphatic rings. The Morgan fingerprint density at radius 1 is 1.24 bits per heavy atom. The molecule has 0 saturated heterocycles. The fourth-order valence-electron chi connectivity index (χ4n) is 3.20. The fourth-order valence-corrected chi connectivity index (χ4v) is 4.44. The van der Waals surface area contributed by atoms with Crippen molar-refractivity contribution in [2.24, 2.45) is 0 Å². The van der Waals surface area contributed by atoms with Gasteiger partial charge in [-0.1, -0.05) is 23.7 Å². The molecule has 160 valence electrons. The molecule has 1 N–H and O–H groups in total. The molecular weight excluding hydrogens is 414 g/mol. The van der Waals surface area contributed by atoms with Gasteiger partial charge in [-0.15, -0.1) is 0 Å². The van der Waals surface area contributed by atoms with Crippen LogP contribution in [0.1, 0.15) is 33.3 Å². The van der Waals surface area contributed by atoms with Crippen LogP contribution in [0.4, 0.5) is 0 Å². The van der Waals surface area contributed by atoms with E-state index in [-0.39, 0.29) is 29.9 Å². The molecule has 0 fully saturated rings. The highest BCUT2D eigenvalue weighted by Crippen LogP contribution is 2.17. The second-order valence-corrected chi connectivity index (χ2v) is 9.54. The molecule has 0 radical (unpaired) electrons. The second-order valence-electron chi connectivity index (χ2n) is 7.27. The molecule has 0 spiro atoms. The van der Waals surface area contributed by atoms with Crippen LogP contribution in [0.15, 0.2) is 36.0 Å². The fraction of sp³-hybridized carbons (Fsp3) is 0.500. The first kappa shape index (κ1) is 23.2. The highest BCUT2D eigenvalue weighted by molar-refractivity contribution is 7.89. The number of sulfonamides is 1. The van der Waals surface area contributed by atoms with Gasteiger partial charge in [0.2, 0.25) is 15.9 Å². The van der Waals surface area contributed by atoms with Crippen molar-refractivity contribution in [3.8, 4) is 0 Å². The highest BCUT2D eigenvalue weighted by atomic mass is 35.5. The Bertz CT molecular complexity index is 881. The summed E-state index contributed by atoms with van der Waals surface area (Å²) < 4.78 is 27.2. The predicted octanol–water partition coefficient (Wildman–Crippen LogP) is 2.17. The van der Waals surface area contributed by atoms with Crippen molar-refractivity contribution < 1.29 is 18.0 Å². The molecule has 2 rings (SSSR count). The molecule has 1 heterocycles. The molecule has 29 heavy (non-hydrogen) atoms. The number of carbonyl (C=O) groups is 2. The van der Waals surface area contributed by atoms with Crippen LogP contribution in [0.3, 0.4) is 0 Å². The summed E-state index contributed by atoms with van der Waals surface area (Å²) in [5, 5.41) is 0.583. The number of nitrogens with zero attached hydrogens (tertiary/aromatic N) is 2. The van der Waals surface area contributed by atoms with E-state index in [1.54, 1.807) is 36.1 Å². The number of nitrogens with one attached hydrogen (secondary N) is 1.